The minimum absolute atomic E-state index is 0.0253. The largest absolute Gasteiger partial charge is 0.502 e. The standard InChI is InChI=1S/C19H16N6O5S/c20-31(29,30)14-4-1-12(2-5-14)10-22-18-19-23-11-16(24(19)8-7-21-18)13-3-6-17(26)15(9-13)25(27)28/h1-9,11,26H,10H2,(H,21,22)(H2,20,29,30). The van der Waals surface area contributed by atoms with Gasteiger partial charge in [-0.3, -0.25) is 14.5 Å². The number of anilines is 1. The molecule has 0 fully saturated rings. The van der Waals surface area contributed by atoms with E-state index >= 15 is 0 Å². The lowest BCUT2D eigenvalue weighted by molar-refractivity contribution is -0.385. The number of aromatic nitrogens is 3. The first-order valence-electron chi connectivity index (χ1n) is 8.89. The van der Waals surface area contributed by atoms with Crippen molar-refractivity contribution in [2.75, 3.05) is 5.32 Å². The van der Waals surface area contributed by atoms with Gasteiger partial charge in [-0.15, -0.1) is 0 Å². The van der Waals surface area contributed by atoms with Crippen LogP contribution in [0.5, 0.6) is 5.75 Å². The van der Waals surface area contributed by atoms with Crippen LogP contribution in [0.25, 0.3) is 16.9 Å². The molecule has 0 saturated heterocycles. The summed E-state index contributed by atoms with van der Waals surface area (Å²) < 4.78 is 24.4. The fourth-order valence-electron chi connectivity index (χ4n) is 3.07. The summed E-state index contributed by atoms with van der Waals surface area (Å²) in [5.41, 5.74) is 1.99. The second-order valence-corrected chi connectivity index (χ2v) is 8.18. The van der Waals surface area contributed by atoms with E-state index in [4.69, 9.17) is 5.14 Å². The number of fused-ring (bicyclic) bond motifs is 1. The summed E-state index contributed by atoms with van der Waals surface area (Å²) in [7, 11) is -3.75. The molecule has 0 unspecified atom stereocenters. The Morgan fingerprint density at radius 2 is 1.90 bits per heavy atom. The van der Waals surface area contributed by atoms with E-state index in [-0.39, 0.29) is 4.90 Å². The lowest BCUT2D eigenvalue weighted by Gasteiger charge is -2.08. The maximum absolute atomic E-state index is 11.4. The van der Waals surface area contributed by atoms with Crippen LogP contribution in [0.15, 0.2) is 66.0 Å². The molecule has 0 aliphatic carbocycles. The molecular weight excluding hydrogens is 424 g/mol. The number of hydrogen-bond donors (Lipinski definition) is 3. The molecule has 12 heteroatoms. The predicted molar refractivity (Wildman–Crippen MR) is 112 cm³/mol. The zero-order valence-electron chi connectivity index (χ0n) is 15.8. The molecule has 2 aromatic carbocycles. The summed E-state index contributed by atoms with van der Waals surface area (Å²) in [5.74, 6) is 0.0533. The summed E-state index contributed by atoms with van der Waals surface area (Å²) in [6.45, 7) is 0.352. The number of nitrogens with two attached hydrogens (primary N) is 1. The summed E-state index contributed by atoms with van der Waals surface area (Å²) in [6.07, 6.45) is 4.78. The molecule has 4 aromatic rings. The van der Waals surface area contributed by atoms with Gasteiger partial charge in [0.25, 0.3) is 0 Å². The summed E-state index contributed by atoms with van der Waals surface area (Å²) in [5, 5.41) is 29.0. The molecular formula is C19H16N6O5S. The van der Waals surface area contributed by atoms with E-state index < -0.39 is 26.4 Å². The molecule has 4 rings (SSSR count). The highest BCUT2D eigenvalue weighted by molar-refractivity contribution is 7.89. The molecule has 2 heterocycles. The van der Waals surface area contributed by atoms with Gasteiger partial charge < -0.3 is 10.4 Å². The molecule has 0 radical (unpaired) electrons. The zero-order chi connectivity index (χ0) is 22.2. The van der Waals surface area contributed by atoms with Crippen LogP contribution < -0.4 is 10.5 Å². The number of phenols is 1. The Morgan fingerprint density at radius 3 is 2.58 bits per heavy atom. The number of nitro benzene ring substituents is 1. The van der Waals surface area contributed by atoms with Gasteiger partial charge >= 0.3 is 5.69 Å². The quantitative estimate of drug-likeness (QED) is 0.303. The molecule has 0 bridgehead atoms. The van der Waals surface area contributed by atoms with E-state index in [9.17, 15) is 23.6 Å². The van der Waals surface area contributed by atoms with Crippen molar-refractivity contribution in [1.82, 2.24) is 14.4 Å². The average Bonchev–Trinajstić information content (AvgIpc) is 3.17. The normalized spacial score (nSPS) is 11.5. The number of benzene rings is 2. The molecule has 4 N–H and O–H groups in total. The lowest BCUT2D eigenvalue weighted by atomic mass is 10.1. The van der Waals surface area contributed by atoms with Crippen LogP contribution in [0.3, 0.4) is 0 Å². The van der Waals surface area contributed by atoms with Crippen molar-refractivity contribution in [3.8, 4) is 17.0 Å². The van der Waals surface area contributed by atoms with Gasteiger partial charge in [0.2, 0.25) is 10.0 Å². The zero-order valence-corrected chi connectivity index (χ0v) is 16.7. The SMILES string of the molecule is NS(=O)(=O)c1ccc(CNc2nccn3c(-c4ccc(O)c([N+](=O)[O-])c4)cnc23)cc1. The van der Waals surface area contributed by atoms with E-state index in [1.807, 2.05) is 0 Å². The highest BCUT2D eigenvalue weighted by Gasteiger charge is 2.17. The first-order valence-corrected chi connectivity index (χ1v) is 10.4. The van der Waals surface area contributed by atoms with Gasteiger partial charge in [-0.2, -0.15) is 0 Å². The lowest BCUT2D eigenvalue weighted by Crippen LogP contribution is -2.12. The molecule has 0 atom stereocenters. The monoisotopic (exact) mass is 440 g/mol. The number of primary sulfonamides is 1. The Kier molecular flexibility index (Phi) is 5.01. The third-order valence-corrected chi connectivity index (χ3v) is 5.54. The fourth-order valence-corrected chi connectivity index (χ4v) is 3.58. The van der Waals surface area contributed by atoms with Gasteiger partial charge in [-0.1, -0.05) is 12.1 Å². The van der Waals surface area contributed by atoms with Gasteiger partial charge in [0, 0.05) is 30.6 Å². The Balaban J connectivity index is 1.62. The smallest absolute Gasteiger partial charge is 0.311 e. The topological polar surface area (TPSA) is 166 Å². The number of phenolic OH excluding ortho intramolecular Hbond substituents is 1. The van der Waals surface area contributed by atoms with Crippen LogP contribution in [0.4, 0.5) is 11.5 Å². The Bertz CT molecular complexity index is 1400. The number of aromatic hydroxyl groups is 1. The first kappa shape index (κ1) is 20.3. The maximum Gasteiger partial charge on any atom is 0.311 e. The Hall–Kier alpha value is -4.03. The van der Waals surface area contributed by atoms with Crippen LogP contribution in [-0.4, -0.2) is 32.8 Å². The number of sulfonamides is 1. The molecule has 0 spiro atoms. The maximum atomic E-state index is 11.4. The van der Waals surface area contributed by atoms with Crippen LogP contribution in [0.1, 0.15) is 5.56 Å². The average molecular weight is 440 g/mol. The molecule has 0 saturated carbocycles. The Labute approximate surface area is 176 Å². The highest BCUT2D eigenvalue weighted by atomic mass is 32.2. The number of nitro groups is 1. The fraction of sp³-hybridized carbons (Fsp3) is 0.0526. The predicted octanol–water partition coefficient (Wildman–Crippen LogP) is 2.27. The number of nitrogens with zero attached hydrogens (tertiary/aromatic N) is 4. The van der Waals surface area contributed by atoms with Gasteiger partial charge in [0.1, 0.15) is 0 Å². The molecule has 158 valence electrons. The van der Waals surface area contributed by atoms with Gasteiger partial charge in [-0.25, -0.2) is 23.5 Å². The van der Waals surface area contributed by atoms with Gasteiger partial charge in [0.15, 0.2) is 17.2 Å². The Morgan fingerprint density at radius 1 is 1.16 bits per heavy atom. The second-order valence-electron chi connectivity index (χ2n) is 6.62. The van der Waals surface area contributed by atoms with Gasteiger partial charge in [0.05, 0.1) is 21.7 Å². The molecule has 11 nitrogen and oxygen atoms in total. The van der Waals surface area contributed by atoms with Crippen molar-refractivity contribution in [2.45, 2.75) is 11.4 Å². The molecule has 0 aliphatic heterocycles. The van der Waals surface area contributed by atoms with Crippen molar-refractivity contribution in [2.24, 2.45) is 5.14 Å². The van der Waals surface area contributed by atoms with E-state index in [0.29, 0.717) is 29.3 Å². The van der Waals surface area contributed by atoms with Crippen molar-refractivity contribution in [3.05, 3.63) is 76.7 Å². The number of rotatable bonds is 6. The third-order valence-electron chi connectivity index (χ3n) is 4.61. The molecule has 31 heavy (non-hydrogen) atoms. The van der Waals surface area contributed by atoms with E-state index in [1.165, 1.54) is 24.3 Å². The summed E-state index contributed by atoms with van der Waals surface area (Å²) in [6, 6.07) is 10.2. The number of hydrogen-bond acceptors (Lipinski definition) is 8. The molecule has 0 amide bonds. The van der Waals surface area contributed by atoms with Crippen LogP contribution in [0, 0.1) is 10.1 Å². The molecule has 0 aliphatic rings. The first-order chi connectivity index (χ1) is 14.7. The van der Waals surface area contributed by atoms with Crippen LogP contribution in [-0.2, 0) is 16.6 Å². The van der Waals surface area contributed by atoms with Crippen molar-refractivity contribution >= 4 is 27.2 Å². The van der Waals surface area contributed by atoms with E-state index in [0.717, 1.165) is 5.56 Å². The summed E-state index contributed by atoms with van der Waals surface area (Å²) >= 11 is 0. The minimum Gasteiger partial charge on any atom is -0.502 e. The van der Waals surface area contributed by atoms with Crippen molar-refractivity contribution in [3.63, 3.8) is 0 Å². The van der Waals surface area contributed by atoms with E-state index in [2.05, 4.69) is 15.3 Å². The highest BCUT2D eigenvalue weighted by Crippen LogP contribution is 2.32. The number of imidazole rings is 1. The van der Waals surface area contributed by atoms with Gasteiger partial charge in [-0.05, 0) is 29.8 Å². The second kappa shape index (κ2) is 7.66. The minimum atomic E-state index is -3.75. The number of nitrogens with one attached hydrogen (secondary N) is 1. The third kappa shape index (κ3) is 4.01. The van der Waals surface area contributed by atoms with Crippen molar-refractivity contribution < 1.29 is 18.4 Å². The van der Waals surface area contributed by atoms with Crippen LogP contribution in [0.2, 0.25) is 0 Å². The summed E-state index contributed by atoms with van der Waals surface area (Å²) in [4.78, 5) is 19.1. The molecule has 2 aromatic heterocycles. The van der Waals surface area contributed by atoms with E-state index in [1.54, 1.807) is 41.2 Å². The van der Waals surface area contributed by atoms with Crippen molar-refractivity contribution in [1.29, 1.82) is 0 Å². The van der Waals surface area contributed by atoms with Crippen LogP contribution >= 0.6 is 0 Å².